The van der Waals surface area contributed by atoms with E-state index in [4.69, 9.17) is 16.9 Å². The molecule has 0 saturated heterocycles. The molecule has 0 aromatic rings. The lowest BCUT2D eigenvalue weighted by Crippen LogP contribution is -2.23. The number of nitrogens with two attached hydrogens (primary N) is 2. The van der Waals surface area contributed by atoms with Gasteiger partial charge in [-0.25, -0.2) is 0 Å². The van der Waals surface area contributed by atoms with Crippen LogP contribution in [0.1, 0.15) is 13.3 Å². The van der Waals surface area contributed by atoms with Crippen LogP contribution in [0.15, 0.2) is 0 Å². The highest BCUT2D eigenvalue weighted by molar-refractivity contribution is 8.13. The molecule has 0 saturated carbocycles. The van der Waals surface area contributed by atoms with Crippen molar-refractivity contribution in [1.82, 2.24) is 0 Å². The van der Waals surface area contributed by atoms with Crippen LogP contribution in [0.4, 0.5) is 0 Å². The fraction of sp³-hybridized carbons (Fsp3) is 0.800. The minimum atomic E-state index is 0.152. The molecule has 0 aliphatic carbocycles. The van der Waals surface area contributed by atoms with Crippen molar-refractivity contribution >= 4 is 16.9 Å². The molecule has 3 nitrogen and oxygen atoms in total. The van der Waals surface area contributed by atoms with Crippen LogP contribution in [0.25, 0.3) is 0 Å². The number of hydrogen-bond acceptors (Lipinski definition) is 3. The Labute approximate surface area is 59.7 Å². The van der Waals surface area contributed by atoms with Crippen LogP contribution < -0.4 is 11.5 Å². The van der Waals surface area contributed by atoms with Crippen molar-refractivity contribution in [3.8, 4) is 0 Å². The number of hydrogen-bond donors (Lipinski definition) is 3. The molecule has 0 bridgehead atoms. The van der Waals surface area contributed by atoms with Crippen LogP contribution in [0.3, 0.4) is 0 Å². The van der Waals surface area contributed by atoms with E-state index in [1.807, 2.05) is 6.92 Å². The quantitative estimate of drug-likeness (QED) is 0.398. The summed E-state index contributed by atoms with van der Waals surface area (Å²) in [6, 6.07) is 0.180. The van der Waals surface area contributed by atoms with Gasteiger partial charge in [0, 0.05) is 11.8 Å². The van der Waals surface area contributed by atoms with Crippen LogP contribution in [0.5, 0.6) is 0 Å². The Bertz CT molecular complexity index is 94.2. The maximum absolute atomic E-state index is 6.85. The monoisotopic (exact) mass is 147 g/mol. The average molecular weight is 147 g/mol. The zero-order valence-electron chi connectivity index (χ0n) is 5.55. The van der Waals surface area contributed by atoms with Crippen LogP contribution in [-0.4, -0.2) is 17.0 Å². The van der Waals surface area contributed by atoms with Gasteiger partial charge in [-0.3, -0.25) is 5.41 Å². The normalized spacial score (nSPS) is 13.1. The van der Waals surface area contributed by atoms with E-state index in [-0.39, 0.29) is 11.2 Å². The molecule has 54 valence electrons. The summed E-state index contributed by atoms with van der Waals surface area (Å²) in [7, 11) is 0. The Balaban J connectivity index is 3.16. The van der Waals surface area contributed by atoms with E-state index in [9.17, 15) is 0 Å². The number of nitrogens with one attached hydrogen (secondary N) is 1. The highest BCUT2D eigenvalue weighted by Crippen LogP contribution is 2.01. The van der Waals surface area contributed by atoms with Gasteiger partial charge in [0.05, 0.1) is 0 Å². The lowest BCUT2D eigenvalue weighted by Gasteiger charge is -2.05. The largest absolute Gasteiger partial charge is 0.379 e. The first kappa shape index (κ1) is 8.78. The van der Waals surface area contributed by atoms with Gasteiger partial charge in [0.15, 0.2) is 5.17 Å². The zero-order chi connectivity index (χ0) is 7.28. The highest BCUT2D eigenvalue weighted by Gasteiger charge is 1.98. The standard InChI is InChI=1S/C5H13N3S/c1-2-4(6)3-9-5(7)8/h4H,2-3,6H2,1H3,(H3,7,8)/t4-/m0/s1. The number of thioether (sulfide) groups is 1. The summed E-state index contributed by atoms with van der Waals surface area (Å²) in [5.41, 5.74) is 10.6. The maximum Gasteiger partial charge on any atom is 0.151 e. The molecule has 4 heteroatoms. The van der Waals surface area contributed by atoms with Gasteiger partial charge in [0.2, 0.25) is 0 Å². The Morgan fingerprint density at radius 2 is 2.33 bits per heavy atom. The highest BCUT2D eigenvalue weighted by atomic mass is 32.2. The molecule has 0 rings (SSSR count). The van der Waals surface area contributed by atoms with Crippen molar-refractivity contribution in [1.29, 1.82) is 5.41 Å². The summed E-state index contributed by atoms with van der Waals surface area (Å²) in [6.45, 7) is 2.02. The van der Waals surface area contributed by atoms with Crippen molar-refractivity contribution in [3.05, 3.63) is 0 Å². The third-order valence-electron chi connectivity index (χ3n) is 0.977. The summed E-state index contributed by atoms with van der Waals surface area (Å²) < 4.78 is 0. The zero-order valence-corrected chi connectivity index (χ0v) is 6.37. The van der Waals surface area contributed by atoms with Gasteiger partial charge in [0.1, 0.15) is 0 Å². The number of amidine groups is 1. The van der Waals surface area contributed by atoms with Crippen molar-refractivity contribution in [2.75, 3.05) is 5.75 Å². The Hall–Kier alpha value is -0.220. The van der Waals surface area contributed by atoms with Crippen LogP contribution in [0, 0.1) is 5.41 Å². The van der Waals surface area contributed by atoms with Gasteiger partial charge in [-0.05, 0) is 6.42 Å². The average Bonchev–Trinajstić information content (AvgIpc) is 1.83. The molecule has 0 unspecified atom stereocenters. The molecular weight excluding hydrogens is 134 g/mol. The minimum absolute atomic E-state index is 0.152. The molecule has 0 aliphatic rings. The fourth-order valence-electron chi connectivity index (χ4n) is 0.315. The maximum atomic E-state index is 6.85. The van der Waals surface area contributed by atoms with E-state index in [1.165, 1.54) is 11.8 Å². The molecule has 0 aromatic heterocycles. The van der Waals surface area contributed by atoms with Gasteiger partial charge in [0.25, 0.3) is 0 Å². The first-order chi connectivity index (χ1) is 4.16. The molecule has 5 N–H and O–H groups in total. The van der Waals surface area contributed by atoms with Gasteiger partial charge in [-0.2, -0.15) is 0 Å². The summed E-state index contributed by atoms with van der Waals surface area (Å²) in [6.07, 6.45) is 0.945. The van der Waals surface area contributed by atoms with Crippen molar-refractivity contribution < 1.29 is 0 Å². The van der Waals surface area contributed by atoms with Crippen LogP contribution in [0.2, 0.25) is 0 Å². The summed E-state index contributed by atoms with van der Waals surface area (Å²) in [5.74, 6) is 0.756. The Morgan fingerprint density at radius 3 is 2.67 bits per heavy atom. The molecular formula is C5H13N3S. The first-order valence-corrected chi connectivity index (χ1v) is 3.87. The van der Waals surface area contributed by atoms with E-state index in [0.29, 0.717) is 0 Å². The molecule has 0 heterocycles. The van der Waals surface area contributed by atoms with Gasteiger partial charge in [-0.1, -0.05) is 18.7 Å². The fourth-order valence-corrected chi connectivity index (χ4v) is 0.944. The second-order valence-electron chi connectivity index (χ2n) is 1.84. The Morgan fingerprint density at radius 1 is 1.78 bits per heavy atom. The minimum Gasteiger partial charge on any atom is -0.379 e. The summed E-state index contributed by atoms with van der Waals surface area (Å²) in [4.78, 5) is 0. The molecule has 0 aliphatic heterocycles. The van der Waals surface area contributed by atoms with Gasteiger partial charge >= 0.3 is 0 Å². The lowest BCUT2D eigenvalue weighted by molar-refractivity contribution is 0.726. The third kappa shape index (κ3) is 5.65. The summed E-state index contributed by atoms with van der Waals surface area (Å²) >= 11 is 1.30. The topological polar surface area (TPSA) is 75.9 Å². The number of rotatable bonds is 3. The SMILES string of the molecule is CC[C@H](N)CSC(=N)N. The van der Waals surface area contributed by atoms with Crippen molar-refractivity contribution in [3.63, 3.8) is 0 Å². The molecule has 0 amide bonds. The van der Waals surface area contributed by atoms with Crippen molar-refractivity contribution in [2.24, 2.45) is 11.5 Å². The van der Waals surface area contributed by atoms with E-state index in [2.05, 4.69) is 0 Å². The predicted molar refractivity (Wildman–Crippen MR) is 42.6 cm³/mol. The van der Waals surface area contributed by atoms with E-state index < -0.39 is 0 Å². The second kappa shape index (κ2) is 4.64. The lowest BCUT2D eigenvalue weighted by atomic mass is 10.3. The molecule has 0 radical (unpaired) electrons. The molecule has 9 heavy (non-hydrogen) atoms. The van der Waals surface area contributed by atoms with Crippen LogP contribution in [-0.2, 0) is 0 Å². The molecule has 0 aromatic carbocycles. The van der Waals surface area contributed by atoms with E-state index >= 15 is 0 Å². The molecule has 0 spiro atoms. The molecule has 1 atom stereocenters. The van der Waals surface area contributed by atoms with E-state index in [1.54, 1.807) is 0 Å². The molecule has 0 fully saturated rings. The Kier molecular flexibility index (Phi) is 4.53. The van der Waals surface area contributed by atoms with Gasteiger partial charge in [-0.15, -0.1) is 0 Å². The van der Waals surface area contributed by atoms with Crippen LogP contribution >= 0.6 is 11.8 Å². The van der Waals surface area contributed by atoms with E-state index in [0.717, 1.165) is 12.2 Å². The smallest absolute Gasteiger partial charge is 0.151 e. The second-order valence-corrected chi connectivity index (χ2v) is 2.91. The van der Waals surface area contributed by atoms with Gasteiger partial charge < -0.3 is 11.5 Å². The predicted octanol–water partition coefficient (Wildman–Crippen LogP) is 0.350. The first-order valence-electron chi connectivity index (χ1n) is 2.89. The van der Waals surface area contributed by atoms with Crippen molar-refractivity contribution in [2.45, 2.75) is 19.4 Å². The third-order valence-corrected chi connectivity index (χ3v) is 1.88. The summed E-state index contributed by atoms with van der Waals surface area (Å²) in [5, 5.41) is 7.00.